The van der Waals surface area contributed by atoms with E-state index >= 15 is 0 Å². The standard InChI is InChI=1S/C14H23NO/c1-4-10-15-11-12(3)13-8-6-7-9-14(13)16-5-2/h6-9,12,15H,4-5,10-11H2,1-3H3. The lowest BCUT2D eigenvalue weighted by atomic mass is 10.00. The summed E-state index contributed by atoms with van der Waals surface area (Å²) in [6.07, 6.45) is 1.18. The first-order valence-corrected chi connectivity index (χ1v) is 6.22. The molecule has 0 saturated carbocycles. The van der Waals surface area contributed by atoms with Crippen molar-refractivity contribution in [3.05, 3.63) is 29.8 Å². The van der Waals surface area contributed by atoms with Crippen molar-refractivity contribution in [1.82, 2.24) is 5.32 Å². The molecule has 0 amide bonds. The van der Waals surface area contributed by atoms with Gasteiger partial charge in [-0.05, 0) is 37.4 Å². The Balaban J connectivity index is 2.62. The molecule has 0 saturated heterocycles. The van der Waals surface area contributed by atoms with Gasteiger partial charge in [0.15, 0.2) is 0 Å². The number of rotatable bonds is 7. The first-order valence-electron chi connectivity index (χ1n) is 6.22. The molecule has 2 nitrogen and oxygen atoms in total. The second kappa shape index (κ2) is 7.29. The van der Waals surface area contributed by atoms with Gasteiger partial charge in [0, 0.05) is 6.54 Å². The zero-order valence-electron chi connectivity index (χ0n) is 10.6. The van der Waals surface area contributed by atoms with Crippen LogP contribution in [0.5, 0.6) is 5.75 Å². The smallest absolute Gasteiger partial charge is 0.122 e. The normalized spacial score (nSPS) is 12.4. The van der Waals surface area contributed by atoms with E-state index in [1.54, 1.807) is 0 Å². The van der Waals surface area contributed by atoms with Crippen molar-refractivity contribution in [2.45, 2.75) is 33.1 Å². The fraction of sp³-hybridized carbons (Fsp3) is 0.571. The van der Waals surface area contributed by atoms with Crippen LogP contribution in [0.25, 0.3) is 0 Å². The van der Waals surface area contributed by atoms with Crippen molar-refractivity contribution in [3.8, 4) is 5.75 Å². The maximum atomic E-state index is 5.64. The van der Waals surface area contributed by atoms with Gasteiger partial charge in [0.05, 0.1) is 6.61 Å². The monoisotopic (exact) mass is 221 g/mol. The van der Waals surface area contributed by atoms with E-state index in [9.17, 15) is 0 Å². The van der Waals surface area contributed by atoms with Crippen LogP contribution in [0, 0.1) is 0 Å². The fourth-order valence-corrected chi connectivity index (χ4v) is 1.78. The molecule has 0 fully saturated rings. The Labute approximate surface area is 99.0 Å². The maximum absolute atomic E-state index is 5.64. The molecule has 0 radical (unpaired) electrons. The van der Waals surface area contributed by atoms with Gasteiger partial charge in [0.1, 0.15) is 5.75 Å². The molecule has 1 N–H and O–H groups in total. The van der Waals surface area contributed by atoms with Crippen LogP contribution in [-0.2, 0) is 0 Å². The summed E-state index contributed by atoms with van der Waals surface area (Å²) in [7, 11) is 0. The first-order chi connectivity index (χ1) is 7.79. The third-order valence-corrected chi connectivity index (χ3v) is 2.63. The molecular weight excluding hydrogens is 198 g/mol. The maximum Gasteiger partial charge on any atom is 0.122 e. The van der Waals surface area contributed by atoms with Gasteiger partial charge >= 0.3 is 0 Å². The highest BCUT2D eigenvalue weighted by Crippen LogP contribution is 2.25. The summed E-state index contributed by atoms with van der Waals surface area (Å²) in [6, 6.07) is 8.31. The summed E-state index contributed by atoms with van der Waals surface area (Å²) < 4.78 is 5.64. The van der Waals surface area contributed by atoms with E-state index in [4.69, 9.17) is 4.74 Å². The predicted molar refractivity (Wildman–Crippen MR) is 69.2 cm³/mol. The van der Waals surface area contributed by atoms with E-state index in [0.29, 0.717) is 5.92 Å². The van der Waals surface area contributed by atoms with Crippen molar-refractivity contribution in [2.75, 3.05) is 19.7 Å². The number of benzene rings is 1. The van der Waals surface area contributed by atoms with Crippen LogP contribution < -0.4 is 10.1 Å². The van der Waals surface area contributed by atoms with E-state index < -0.39 is 0 Å². The summed E-state index contributed by atoms with van der Waals surface area (Å²) in [5.74, 6) is 1.52. The van der Waals surface area contributed by atoms with Crippen molar-refractivity contribution >= 4 is 0 Å². The molecule has 0 aromatic heterocycles. The van der Waals surface area contributed by atoms with E-state index in [1.165, 1.54) is 12.0 Å². The molecule has 0 spiro atoms. The van der Waals surface area contributed by atoms with E-state index in [2.05, 4.69) is 37.4 Å². The Kier molecular flexibility index (Phi) is 5.94. The third kappa shape index (κ3) is 3.86. The van der Waals surface area contributed by atoms with Gasteiger partial charge in [-0.2, -0.15) is 0 Å². The second-order valence-corrected chi connectivity index (χ2v) is 4.08. The lowest BCUT2D eigenvalue weighted by Crippen LogP contribution is -2.21. The van der Waals surface area contributed by atoms with Crippen LogP contribution in [0.2, 0.25) is 0 Å². The van der Waals surface area contributed by atoms with Crippen molar-refractivity contribution in [3.63, 3.8) is 0 Å². The molecule has 16 heavy (non-hydrogen) atoms. The van der Waals surface area contributed by atoms with Crippen molar-refractivity contribution in [2.24, 2.45) is 0 Å². The average Bonchev–Trinajstić information content (AvgIpc) is 2.30. The molecule has 90 valence electrons. The summed E-state index contributed by atoms with van der Waals surface area (Å²) in [5.41, 5.74) is 1.30. The molecule has 1 atom stereocenters. The van der Waals surface area contributed by atoms with Gasteiger partial charge in [-0.25, -0.2) is 0 Å². The number of ether oxygens (including phenoxy) is 1. The van der Waals surface area contributed by atoms with E-state index in [0.717, 1.165) is 25.4 Å². The lowest BCUT2D eigenvalue weighted by molar-refractivity contribution is 0.334. The highest BCUT2D eigenvalue weighted by molar-refractivity contribution is 5.36. The predicted octanol–water partition coefficient (Wildman–Crippen LogP) is 3.19. The SMILES string of the molecule is CCCNCC(C)c1ccccc1OCC. The summed E-state index contributed by atoms with van der Waals surface area (Å²) in [5, 5.41) is 3.45. The highest BCUT2D eigenvalue weighted by Gasteiger charge is 2.10. The van der Waals surface area contributed by atoms with Gasteiger partial charge in [-0.1, -0.05) is 32.0 Å². The Morgan fingerprint density at radius 1 is 1.25 bits per heavy atom. The average molecular weight is 221 g/mol. The molecule has 1 unspecified atom stereocenters. The summed E-state index contributed by atoms with van der Waals surface area (Å²) in [6.45, 7) is 9.27. The second-order valence-electron chi connectivity index (χ2n) is 4.08. The van der Waals surface area contributed by atoms with Gasteiger partial charge in [0.2, 0.25) is 0 Å². The number of nitrogens with one attached hydrogen (secondary N) is 1. The number of para-hydroxylation sites is 1. The molecule has 0 aliphatic heterocycles. The molecular formula is C14H23NO. The molecule has 0 aliphatic carbocycles. The summed E-state index contributed by atoms with van der Waals surface area (Å²) in [4.78, 5) is 0. The van der Waals surface area contributed by atoms with Gasteiger partial charge < -0.3 is 10.1 Å². The Morgan fingerprint density at radius 2 is 2.00 bits per heavy atom. The minimum atomic E-state index is 0.495. The Bertz CT molecular complexity index is 299. The zero-order chi connectivity index (χ0) is 11.8. The quantitative estimate of drug-likeness (QED) is 0.714. The van der Waals surface area contributed by atoms with Crippen LogP contribution in [0.15, 0.2) is 24.3 Å². The van der Waals surface area contributed by atoms with Crippen LogP contribution in [0.1, 0.15) is 38.7 Å². The zero-order valence-corrected chi connectivity index (χ0v) is 10.6. The molecule has 0 aliphatic rings. The van der Waals surface area contributed by atoms with E-state index in [1.807, 2.05) is 13.0 Å². The molecule has 0 bridgehead atoms. The lowest BCUT2D eigenvalue weighted by Gasteiger charge is -2.16. The van der Waals surface area contributed by atoms with Crippen molar-refractivity contribution < 1.29 is 4.74 Å². The molecule has 0 heterocycles. The van der Waals surface area contributed by atoms with Gasteiger partial charge in [-0.3, -0.25) is 0 Å². The van der Waals surface area contributed by atoms with Crippen LogP contribution in [-0.4, -0.2) is 19.7 Å². The minimum absolute atomic E-state index is 0.495. The number of hydrogen-bond donors (Lipinski definition) is 1. The van der Waals surface area contributed by atoms with E-state index in [-0.39, 0.29) is 0 Å². The molecule has 1 rings (SSSR count). The van der Waals surface area contributed by atoms with Crippen LogP contribution in [0.3, 0.4) is 0 Å². The van der Waals surface area contributed by atoms with Gasteiger partial charge in [0.25, 0.3) is 0 Å². The highest BCUT2D eigenvalue weighted by atomic mass is 16.5. The Morgan fingerprint density at radius 3 is 2.69 bits per heavy atom. The fourth-order valence-electron chi connectivity index (χ4n) is 1.78. The first kappa shape index (κ1) is 13.0. The third-order valence-electron chi connectivity index (χ3n) is 2.63. The Hall–Kier alpha value is -1.02. The topological polar surface area (TPSA) is 21.3 Å². The van der Waals surface area contributed by atoms with Crippen LogP contribution in [0.4, 0.5) is 0 Å². The van der Waals surface area contributed by atoms with Gasteiger partial charge in [-0.15, -0.1) is 0 Å². The molecule has 1 aromatic rings. The minimum Gasteiger partial charge on any atom is -0.494 e. The van der Waals surface area contributed by atoms with Crippen molar-refractivity contribution in [1.29, 1.82) is 0 Å². The van der Waals surface area contributed by atoms with Crippen LogP contribution >= 0.6 is 0 Å². The summed E-state index contributed by atoms with van der Waals surface area (Å²) >= 11 is 0. The largest absolute Gasteiger partial charge is 0.494 e. The molecule has 2 heteroatoms. The number of hydrogen-bond acceptors (Lipinski definition) is 2. The molecule has 1 aromatic carbocycles.